The van der Waals surface area contributed by atoms with Crippen LogP contribution in [0.2, 0.25) is 0 Å². The third kappa shape index (κ3) is 11.4. The summed E-state index contributed by atoms with van der Waals surface area (Å²) in [5.41, 5.74) is 3.84. The Kier molecular flexibility index (Phi) is 13.5. The van der Waals surface area contributed by atoms with E-state index in [1.165, 1.54) is 42.4 Å². The summed E-state index contributed by atoms with van der Waals surface area (Å²) in [6, 6.07) is 26.8. The third-order valence-corrected chi connectivity index (χ3v) is 5.68. The lowest BCUT2D eigenvalue weighted by Gasteiger charge is -2.09. The van der Waals surface area contributed by atoms with Crippen molar-refractivity contribution in [3.05, 3.63) is 95.6 Å². The predicted molar refractivity (Wildman–Crippen MR) is 143 cm³/mol. The summed E-state index contributed by atoms with van der Waals surface area (Å²) >= 11 is 0. The van der Waals surface area contributed by atoms with Crippen LogP contribution in [0.1, 0.15) is 62.6 Å². The van der Waals surface area contributed by atoms with Gasteiger partial charge in [0, 0.05) is 6.61 Å². The van der Waals surface area contributed by atoms with Crippen molar-refractivity contribution in [2.75, 3.05) is 19.8 Å². The van der Waals surface area contributed by atoms with Gasteiger partial charge in [-0.1, -0.05) is 93.3 Å². The SMILES string of the molecule is C.Cc1ccc(CCOCCCCCCCCOc2ccc(OCc3ccccc3)cc2)cc1. The molecule has 0 unspecified atom stereocenters. The van der Waals surface area contributed by atoms with E-state index in [1.54, 1.807) is 0 Å². The largest absolute Gasteiger partial charge is 0.494 e. The minimum Gasteiger partial charge on any atom is -0.494 e. The molecule has 3 aromatic rings. The van der Waals surface area contributed by atoms with E-state index >= 15 is 0 Å². The Labute approximate surface area is 207 Å². The Morgan fingerprint density at radius 2 is 1.12 bits per heavy atom. The Hall–Kier alpha value is -2.78. The van der Waals surface area contributed by atoms with Gasteiger partial charge >= 0.3 is 0 Å². The molecule has 3 nitrogen and oxygen atoms in total. The molecule has 0 aliphatic carbocycles. The molecular weight excluding hydrogens is 420 g/mol. The smallest absolute Gasteiger partial charge is 0.120 e. The van der Waals surface area contributed by atoms with Crippen LogP contribution in [-0.2, 0) is 17.8 Å². The zero-order chi connectivity index (χ0) is 23.0. The van der Waals surface area contributed by atoms with Gasteiger partial charge in [-0.05, 0) is 61.6 Å². The number of aryl methyl sites for hydroxylation is 1. The molecule has 0 spiro atoms. The molecule has 0 N–H and O–H groups in total. The van der Waals surface area contributed by atoms with Gasteiger partial charge in [0.2, 0.25) is 0 Å². The molecule has 3 heteroatoms. The molecule has 0 aromatic heterocycles. The fourth-order valence-electron chi connectivity index (χ4n) is 3.62. The van der Waals surface area contributed by atoms with E-state index < -0.39 is 0 Å². The van der Waals surface area contributed by atoms with E-state index in [0.717, 1.165) is 50.6 Å². The van der Waals surface area contributed by atoms with Crippen molar-refractivity contribution < 1.29 is 14.2 Å². The average Bonchev–Trinajstić information content (AvgIpc) is 2.86. The van der Waals surface area contributed by atoms with Gasteiger partial charge in [0.05, 0.1) is 13.2 Å². The van der Waals surface area contributed by atoms with Crippen molar-refractivity contribution in [1.82, 2.24) is 0 Å². The molecule has 0 radical (unpaired) electrons. The fraction of sp³-hybridized carbons (Fsp3) is 0.419. The average molecular weight is 463 g/mol. The van der Waals surface area contributed by atoms with Crippen molar-refractivity contribution in [3.63, 3.8) is 0 Å². The van der Waals surface area contributed by atoms with E-state index in [2.05, 4.69) is 43.3 Å². The zero-order valence-corrected chi connectivity index (χ0v) is 20.0. The molecule has 0 atom stereocenters. The van der Waals surface area contributed by atoms with Crippen molar-refractivity contribution >= 4 is 0 Å². The minimum atomic E-state index is 0. The number of benzene rings is 3. The first-order valence-corrected chi connectivity index (χ1v) is 12.3. The van der Waals surface area contributed by atoms with Gasteiger partial charge in [-0.25, -0.2) is 0 Å². The van der Waals surface area contributed by atoms with Crippen molar-refractivity contribution in [2.24, 2.45) is 0 Å². The number of hydrogen-bond donors (Lipinski definition) is 0. The highest BCUT2D eigenvalue weighted by atomic mass is 16.5. The second-order valence-electron chi connectivity index (χ2n) is 8.56. The van der Waals surface area contributed by atoms with Crippen molar-refractivity contribution in [2.45, 2.75) is 65.9 Å². The van der Waals surface area contributed by atoms with Crippen LogP contribution in [0, 0.1) is 6.92 Å². The van der Waals surface area contributed by atoms with E-state index in [9.17, 15) is 0 Å². The van der Waals surface area contributed by atoms with Crippen LogP contribution < -0.4 is 9.47 Å². The molecule has 0 saturated carbocycles. The molecule has 0 bridgehead atoms. The summed E-state index contributed by atoms with van der Waals surface area (Å²) < 4.78 is 17.5. The van der Waals surface area contributed by atoms with E-state index in [0.29, 0.717) is 6.61 Å². The van der Waals surface area contributed by atoms with Crippen LogP contribution in [-0.4, -0.2) is 19.8 Å². The Bertz CT molecular complexity index is 873. The summed E-state index contributed by atoms with van der Waals surface area (Å²) in [4.78, 5) is 0. The topological polar surface area (TPSA) is 27.7 Å². The summed E-state index contributed by atoms with van der Waals surface area (Å²) in [6.45, 7) is 5.17. The summed E-state index contributed by atoms with van der Waals surface area (Å²) in [5.74, 6) is 1.77. The lowest BCUT2D eigenvalue weighted by molar-refractivity contribution is 0.132. The van der Waals surface area contributed by atoms with E-state index in [4.69, 9.17) is 14.2 Å². The molecule has 3 rings (SSSR count). The first kappa shape index (κ1) is 27.5. The molecule has 34 heavy (non-hydrogen) atoms. The Morgan fingerprint density at radius 1 is 0.529 bits per heavy atom. The fourth-order valence-corrected chi connectivity index (χ4v) is 3.62. The van der Waals surface area contributed by atoms with E-state index in [1.807, 2.05) is 42.5 Å². The highest BCUT2D eigenvalue weighted by Crippen LogP contribution is 2.19. The van der Waals surface area contributed by atoms with Gasteiger partial charge in [0.1, 0.15) is 18.1 Å². The molecule has 0 fully saturated rings. The lowest BCUT2D eigenvalue weighted by atomic mass is 10.1. The molecule has 0 saturated heterocycles. The number of hydrogen-bond acceptors (Lipinski definition) is 3. The maximum Gasteiger partial charge on any atom is 0.120 e. The van der Waals surface area contributed by atoms with Gasteiger partial charge in [-0.2, -0.15) is 0 Å². The molecular formula is C31H42O3. The number of rotatable bonds is 16. The van der Waals surface area contributed by atoms with E-state index in [-0.39, 0.29) is 7.43 Å². The first-order chi connectivity index (χ1) is 16.3. The molecule has 0 aliphatic rings. The summed E-state index contributed by atoms with van der Waals surface area (Å²) in [5, 5.41) is 0. The number of ether oxygens (including phenoxy) is 3. The van der Waals surface area contributed by atoms with Crippen LogP contribution in [0.4, 0.5) is 0 Å². The zero-order valence-electron chi connectivity index (χ0n) is 20.0. The van der Waals surface area contributed by atoms with Crippen LogP contribution in [0.15, 0.2) is 78.9 Å². The first-order valence-electron chi connectivity index (χ1n) is 12.3. The third-order valence-electron chi connectivity index (χ3n) is 5.68. The highest BCUT2D eigenvalue weighted by Gasteiger charge is 1.99. The molecule has 0 aliphatic heterocycles. The van der Waals surface area contributed by atoms with Crippen LogP contribution in [0.25, 0.3) is 0 Å². The second kappa shape index (κ2) is 16.8. The molecule has 0 amide bonds. The second-order valence-corrected chi connectivity index (χ2v) is 8.56. The molecule has 0 heterocycles. The van der Waals surface area contributed by atoms with Crippen LogP contribution >= 0.6 is 0 Å². The minimum absolute atomic E-state index is 0. The van der Waals surface area contributed by atoms with Gasteiger partial charge in [-0.15, -0.1) is 0 Å². The Morgan fingerprint density at radius 3 is 1.79 bits per heavy atom. The summed E-state index contributed by atoms with van der Waals surface area (Å²) in [6.07, 6.45) is 8.25. The van der Waals surface area contributed by atoms with Crippen LogP contribution in [0.3, 0.4) is 0 Å². The highest BCUT2D eigenvalue weighted by molar-refractivity contribution is 5.31. The molecule has 3 aromatic carbocycles. The maximum atomic E-state index is 5.86. The Balaban J connectivity index is 0.00000408. The lowest BCUT2D eigenvalue weighted by Crippen LogP contribution is -2.00. The van der Waals surface area contributed by atoms with Gasteiger partial charge < -0.3 is 14.2 Å². The monoisotopic (exact) mass is 462 g/mol. The standard InChI is InChI=1S/C30H38O3.CH4/c1-26-13-15-27(16-14-26)21-24-31-22-9-4-2-3-5-10-23-32-29-17-19-30(20-18-29)33-25-28-11-7-6-8-12-28;/h6-8,11-20H,2-5,9-10,21-25H2,1H3;1H4. The van der Waals surface area contributed by atoms with Gasteiger partial charge in [0.25, 0.3) is 0 Å². The quantitative estimate of drug-likeness (QED) is 0.201. The van der Waals surface area contributed by atoms with Gasteiger partial charge in [-0.3, -0.25) is 0 Å². The maximum absolute atomic E-state index is 5.86. The predicted octanol–water partition coefficient (Wildman–Crippen LogP) is 8.19. The van der Waals surface area contributed by atoms with Crippen LogP contribution in [0.5, 0.6) is 11.5 Å². The molecule has 184 valence electrons. The van der Waals surface area contributed by atoms with Gasteiger partial charge in [0.15, 0.2) is 0 Å². The normalized spacial score (nSPS) is 10.5. The number of unbranched alkanes of at least 4 members (excludes halogenated alkanes) is 5. The summed E-state index contributed by atoms with van der Waals surface area (Å²) in [7, 11) is 0. The van der Waals surface area contributed by atoms with Crippen molar-refractivity contribution in [1.29, 1.82) is 0 Å². The van der Waals surface area contributed by atoms with Crippen molar-refractivity contribution in [3.8, 4) is 11.5 Å².